The minimum atomic E-state index is -0.391. The molecular formula is C16H15ClN4OS. The van der Waals surface area contributed by atoms with Gasteiger partial charge in [0.1, 0.15) is 5.01 Å². The number of hydrogen-bond donors (Lipinski definition) is 1. The number of thiazole rings is 1. The topological polar surface area (TPSA) is 77.8 Å². The molecule has 1 aromatic carbocycles. The summed E-state index contributed by atoms with van der Waals surface area (Å²) in [5.74, 6) is 1.18. The molecule has 1 aliphatic carbocycles. The Hall–Kier alpha value is -1.76. The summed E-state index contributed by atoms with van der Waals surface area (Å²) in [5, 5.41) is 7.71. The molecule has 3 aromatic rings. The molecular weight excluding hydrogens is 332 g/mol. The van der Waals surface area contributed by atoms with Crippen molar-refractivity contribution >= 4 is 22.9 Å². The van der Waals surface area contributed by atoms with Crippen LogP contribution in [-0.2, 0) is 12.0 Å². The first-order chi connectivity index (χ1) is 11.1. The van der Waals surface area contributed by atoms with Crippen molar-refractivity contribution in [3.8, 4) is 10.6 Å². The van der Waals surface area contributed by atoms with Crippen LogP contribution in [0, 0.1) is 0 Å². The maximum Gasteiger partial charge on any atom is 0.232 e. The molecule has 0 radical (unpaired) electrons. The van der Waals surface area contributed by atoms with Crippen LogP contribution in [0.1, 0.15) is 36.7 Å². The van der Waals surface area contributed by atoms with Gasteiger partial charge in [0.15, 0.2) is 5.82 Å². The van der Waals surface area contributed by atoms with Gasteiger partial charge in [-0.25, -0.2) is 4.98 Å². The highest BCUT2D eigenvalue weighted by Gasteiger charge is 2.38. The lowest BCUT2D eigenvalue weighted by Crippen LogP contribution is -2.44. The van der Waals surface area contributed by atoms with Crippen LogP contribution in [-0.4, -0.2) is 15.1 Å². The van der Waals surface area contributed by atoms with Crippen LogP contribution in [0.3, 0.4) is 0 Å². The molecule has 0 aliphatic heterocycles. The zero-order valence-corrected chi connectivity index (χ0v) is 13.9. The van der Waals surface area contributed by atoms with Crippen molar-refractivity contribution in [3.63, 3.8) is 0 Å². The molecule has 0 spiro atoms. The Morgan fingerprint density at radius 1 is 1.22 bits per heavy atom. The maximum absolute atomic E-state index is 6.21. The Morgan fingerprint density at radius 2 is 2.00 bits per heavy atom. The van der Waals surface area contributed by atoms with Gasteiger partial charge in [-0.1, -0.05) is 28.9 Å². The summed E-state index contributed by atoms with van der Waals surface area (Å²) in [4.78, 5) is 9.06. The van der Waals surface area contributed by atoms with E-state index in [1.807, 2.05) is 29.6 Å². The Balaban J connectivity index is 1.50. The van der Waals surface area contributed by atoms with Gasteiger partial charge in [0, 0.05) is 16.0 Å². The summed E-state index contributed by atoms with van der Waals surface area (Å²) in [6.45, 7) is 0. The van der Waals surface area contributed by atoms with E-state index in [9.17, 15) is 0 Å². The van der Waals surface area contributed by atoms with Gasteiger partial charge >= 0.3 is 0 Å². The fraction of sp³-hybridized carbons (Fsp3) is 0.312. The molecule has 23 heavy (non-hydrogen) atoms. The van der Waals surface area contributed by atoms with Crippen LogP contribution in [0.25, 0.3) is 10.6 Å². The van der Waals surface area contributed by atoms with Crippen LogP contribution in [0.15, 0.2) is 34.2 Å². The van der Waals surface area contributed by atoms with Crippen LogP contribution in [0.5, 0.6) is 0 Å². The maximum atomic E-state index is 6.21. The van der Waals surface area contributed by atoms with Crippen LogP contribution >= 0.6 is 22.9 Å². The third kappa shape index (κ3) is 2.89. The molecule has 7 heteroatoms. The van der Waals surface area contributed by atoms with Gasteiger partial charge in [-0.15, -0.1) is 11.3 Å². The number of aromatic nitrogens is 3. The predicted molar refractivity (Wildman–Crippen MR) is 89.4 cm³/mol. The van der Waals surface area contributed by atoms with E-state index in [1.165, 1.54) is 0 Å². The molecule has 4 rings (SSSR count). The summed E-state index contributed by atoms with van der Waals surface area (Å²) in [7, 11) is 0. The van der Waals surface area contributed by atoms with Gasteiger partial charge in [-0.05, 0) is 31.4 Å². The molecule has 2 N–H and O–H groups in total. The third-order valence-corrected chi connectivity index (χ3v) is 5.33. The second-order valence-electron chi connectivity index (χ2n) is 5.85. The Bertz CT molecular complexity index is 823. The first-order valence-corrected chi connectivity index (χ1v) is 8.70. The molecule has 2 aromatic heterocycles. The lowest BCUT2D eigenvalue weighted by atomic mass is 9.77. The molecule has 0 bridgehead atoms. The summed E-state index contributed by atoms with van der Waals surface area (Å²) in [6.07, 6.45) is 3.48. The standard InChI is InChI=1S/C16H15ClN4OS/c17-11-4-2-10(3-5-11)14-19-12(9-23-14)8-13-20-15(21-22-13)16(18)6-1-7-16/h2-5,9H,1,6-8,18H2. The second kappa shape index (κ2) is 5.70. The average Bonchev–Trinajstić information content (AvgIpc) is 3.16. The van der Waals surface area contributed by atoms with E-state index in [1.54, 1.807) is 11.3 Å². The molecule has 5 nitrogen and oxygen atoms in total. The van der Waals surface area contributed by atoms with Crippen molar-refractivity contribution in [2.75, 3.05) is 0 Å². The number of nitrogens with zero attached hydrogens (tertiary/aromatic N) is 3. The number of benzene rings is 1. The Morgan fingerprint density at radius 3 is 2.70 bits per heavy atom. The van der Waals surface area contributed by atoms with Crippen molar-refractivity contribution in [1.29, 1.82) is 0 Å². The highest BCUT2D eigenvalue weighted by molar-refractivity contribution is 7.13. The quantitative estimate of drug-likeness (QED) is 0.777. The van der Waals surface area contributed by atoms with E-state index in [0.717, 1.165) is 40.6 Å². The number of hydrogen-bond acceptors (Lipinski definition) is 6. The zero-order chi connectivity index (χ0) is 15.9. The van der Waals surface area contributed by atoms with E-state index >= 15 is 0 Å². The fourth-order valence-corrected chi connectivity index (χ4v) is 3.53. The van der Waals surface area contributed by atoms with E-state index < -0.39 is 5.54 Å². The van der Waals surface area contributed by atoms with Crippen LogP contribution in [0.4, 0.5) is 0 Å². The molecule has 0 amide bonds. The molecule has 2 heterocycles. The monoisotopic (exact) mass is 346 g/mol. The van der Waals surface area contributed by atoms with Crippen molar-refractivity contribution < 1.29 is 4.52 Å². The van der Waals surface area contributed by atoms with Crippen LogP contribution < -0.4 is 5.73 Å². The van der Waals surface area contributed by atoms with E-state index in [4.69, 9.17) is 21.9 Å². The van der Waals surface area contributed by atoms with Gasteiger partial charge in [0.2, 0.25) is 5.89 Å². The molecule has 1 fully saturated rings. The van der Waals surface area contributed by atoms with Gasteiger partial charge in [0.25, 0.3) is 0 Å². The molecule has 0 unspecified atom stereocenters. The molecule has 118 valence electrons. The predicted octanol–water partition coefficient (Wildman–Crippen LogP) is 3.78. The minimum absolute atomic E-state index is 0.391. The lowest BCUT2D eigenvalue weighted by Gasteiger charge is -2.34. The highest BCUT2D eigenvalue weighted by Crippen LogP contribution is 2.37. The Kier molecular flexibility index (Phi) is 3.67. The summed E-state index contributed by atoms with van der Waals surface area (Å²) >= 11 is 7.50. The number of nitrogens with two attached hydrogens (primary N) is 1. The van der Waals surface area contributed by atoms with Gasteiger partial charge in [0.05, 0.1) is 17.7 Å². The lowest BCUT2D eigenvalue weighted by molar-refractivity contribution is 0.229. The van der Waals surface area contributed by atoms with Gasteiger partial charge in [-0.3, -0.25) is 0 Å². The van der Waals surface area contributed by atoms with Crippen molar-refractivity contribution in [2.24, 2.45) is 5.73 Å². The van der Waals surface area contributed by atoms with Crippen molar-refractivity contribution in [1.82, 2.24) is 15.1 Å². The van der Waals surface area contributed by atoms with E-state index in [0.29, 0.717) is 18.1 Å². The van der Waals surface area contributed by atoms with Crippen molar-refractivity contribution in [2.45, 2.75) is 31.2 Å². The average molecular weight is 347 g/mol. The molecule has 1 aliphatic rings. The van der Waals surface area contributed by atoms with Crippen LogP contribution in [0.2, 0.25) is 5.02 Å². The largest absolute Gasteiger partial charge is 0.339 e. The first-order valence-electron chi connectivity index (χ1n) is 7.45. The minimum Gasteiger partial charge on any atom is -0.339 e. The third-order valence-electron chi connectivity index (χ3n) is 4.13. The normalized spacial score (nSPS) is 16.3. The Labute approximate surface area is 142 Å². The van der Waals surface area contributed by atoms with Gasteiger partial charge in [-0.2, -0.15) is 4.98 Å². The molecule has 0 saturated heterocycles. The van der Waals surface area contributed by atoms with E-state index in [-0.39, 0.29) is 0 Å². The fourth-order valence-electron chi connectivity index (χ4n) is 2.58. The summed E-state index contributed by atoms with van der Waals surface area (Å²) < 4.78 is 5.33. The van der Waals surface area contributed by atoms with Crippen molar-refractivity contribution in [3.05, 3.63) is 52.1 Å². The molecule has 0 atom stereocenters. The van der Waals surface area contributed by atoms with Gasteiger partial charge < -0.3 is 10.3 Å². The first kappa shape index (κ1) is 14.8. The number of rotatable bonds is 4. The highest BCUT2D eigenvalue weighted by atomic mass is 35.5. The molecule has 1 saturated carbocycles. The zero-order valence-electron chi connectivity index (χ0n) is 12.3. The SMILES string of the molecule is NC1(c2noc(Cc3csc(-c4ccc(Cl)cc4)n3)n2)CCC1. The smallest absolute Gasteiger partial charge is 0.232 e. The number of halogens is 1. The second-order valence-corrected chi connectivity index (χ2v) is 7.14. The summed E-state index contributed by atoms with van der Waals surface area (Å²) in [5.41, 5.74) is 7.78. The summed E-state index contributed by atoms with van der Waals surface area (Å²) in [6, 6.07) is 7.65. The van der Waals surface area contributed by atoms with E-state index in [2.05, 4.69) is 15.1 Å².